The van der Waals surface area contributed by atoms with Gasteiger partial charge in [-0.25, -0.2) is 0 Å². The lowest BCUT2D eigenvalue weighted by Gasteiger charge is -2.20. The average molecular weight is 244 g/mol. The van der Waals surface area contributed by atoms with Gasteiger partial charge in [0.1, 0.15) is 5.52 Å². The first-order valence-corrected chi connectivity index (χ1v) is 5.97. The van der Waals surface area contributed by atoms with E-state index in [2.05, 4.69) is 9.97 Å². The molecule has 0 saturated carbocycles. The number of hydrogen-bond acceptors (Lipinski definition) is 4. The number of carbonyl (C=O) groups excluding carboxylic acids is 1. The lowest BCUT2D eigenvalue weighted by molar-refractivity contribution is 0.0771. The highest BCUT2D eigenvalue weighted by Crippen LogP contribution is 2.15. The van der Waals surface area contributed by atoms with Crippen LogP contribution in [0.3, 0.4) is 0 Å². The molecular formula is C13H16N4O. The summed E-state index contributed by atoms with van der Waals surface area (Å²) in [6.45, 7) is 3.57. The van der Waals surface area contributed by atoms with Crippen LogP contribution in [0.5, 0.6) is 0 Å². The van der Waals surface area contributed by atoms with Crippen molar-refractivity contribution < 1.29 is 4.79 Å². The molecule has 2 rings (SSSR count). The van der Waals surface area contributed by atoms with Gasteiger partial charge in [0.2, 0.25) is 0 Å². The third-order valence-corrected chi connectivity index (χ3v) is 2.80. The van der Waals surface area contributed by atoms with Crippen LogP contribution in [0.2, 0.25) is 0 Å². The fourth-order valence-corrected chi connectivity index (χ4v) is 1.89. The molecule has 5 nitrogen and oxygen atoms in total. The summed E-state index contributed by atoms with van der Waals surface area (Å²) in [4.78, 5) is 22.5. The van der Waals surface area contributed by atoms with E-state index in [1.807, 2.05) is 19.1 Å². The number of para-hydroxylation sites is 1. The topological polar surface area (TPSA) is 72.1 Å². The smallest absolute Gasteiger partial charge is 0.256 e. The average Bonchev–Trinajstić information content (AvgIpc) is 2.43. The number of fused-ring (bicyclic) bond motifs is 1. The van der Waals surface area contributed by atoms with Crippen LogP contribution in [-0.2, 0) is 0 Å². The minimum absolute atomic E-state index is 0.0472. The van der Waals surface area contributed by atoms with Crippen LogP contribution in [0.15, 0.2) is 30.6 Å². The standard InChI is InChI=1S/C13H16N4O/c1-2-17(9-6-14)13(18)10-4-3-5-11-12(10)16-8-7-15-11/h3-5,7-8H,2,6,9,14H2,1H3. The van der Waals surface area contributed by atoms with Gasteiger partial charge >= 0.3 is 0 Å². The molecule has 0 aliphatic carbocycles. The van der Waals surface area contributed by atoms with Crippen LogP contribution >= 0.6 is 0 Å². The van der Waals surface area contributed by atoms with Crippen molar-refractivity contribution in [2.75, 3.05) is 19.6 Å². The van der Waals surface area contributed by atoms with E-state index in [0.717, 1.165) is 5.52 Å². The second-order valence-electron chi connectivity index (χ2n) is 3.90. The first-order valence-electron chi connectivity index (χ1n) is 5.97. The van der Waals surface area contributed by atoms with Gasteiger partial charge in [0.25, 0.3) is 5.91 Å². The minimum atomic E-state index is -0.0472. The summed E-state index contributed by atoms with van der Waals surface area (Å²) in [6.07, 6.45) is 3.21. The molecule has 18 heavy (non-hydrogen) atoms. The normalized spacial score (nSPS) is 10.6. The molecule has 0 saturated heterocycles. The molecule has 5 heteroatoms. The number of nitrogens with two attached hydrogens (primary N) is 1. The first kappa shape index (κ1) is 12.4. The Morgan fingerprint density at radius 3 is 2.83 bits per heavy atom. The van der Waals surface area contributed by atoms with E-state index < -0.39 is 0 Å². The molecule has 0 spiro atoms. The summed E-state index contributed by atoms with van der Waals surface area (Å²) in [5.41, 5.74) is 7.46. The van der Waals surface area contributed by atoms with E-state index in [0.29, 0.717) is 30.7 Å². The van der Waals surface area contributed by atoms with E-state index >= 15 is 0 Å². The maximum Gasteiger partial charge on any atom is 0.256 e. The Bertz CT molecular complexity index is 550. The number of amides is 1. The van der Waals surface area contributed by atoms with Gasteiger partial charge in [-0.05, 0) is 19.1 Å². The molecule has 0 atom stereocenters. The van der Waals surface area contributed by atoms with E-state index in [4.69, 9.17) is 5.73 Å². The lowest BCUT2D eigenvalue weighted by Crippen LogP contribution is -2.35. The number of aromatic nitrogens is 2. The van der Waals surface area contributed by atoms with Crippen LogP contribution in [0.1, 0.15) is 17.3 Å². The molecule has 1 aromatic carbocycles. The van der Waals surface area contributed by atoms with Crippen LogP contribution in [-0.4, -0.2) is 40.4 Å². The largest absolute Gasteiger partial charge is 0.338 e. The summed E-state index contributed by atoms with van der Waals surface area (Å²) in [5, 5.41) is 0. The van der Waals surface area contributed by atoms with Gasteiger partial charge in [-0.3, -0.25) is 14.8 Å². The molecule has 0 aliphatic rings. The maximum absolute atomic E-state index is 12.4. The summed E-state index contributed by atoms with van der Waals surface area (Å²) < 4.78 is 0. The molecule has 0 bridgehead atoms. The molecule has 1 heterocycles. The molecule has 1 amide bonds. The maximum atomic E-state index is 12.4. The molecule has 0 aliphatic heterocycles. The molecule has 94 valence electrons. The Balaban J connectivity index is 2.44. The SMILES string of the molecule is CCN(CCN)C(=O)c1cccc2nccnc12. The van der Waals surface area contributed by atoms with Gasteiger partial charge in [-0.2, -0.15) is 0 Å². The zero-order valence-electron chi connectivity index (χ0n) is 10.3. The number of benzene rings is 1. The highest BCUT2D eigenvalue weighted by atomic mass is 16.2. The Kier molecular flexibility index (Phi) is 3.84. The van der Waals surface area contributed by atoms with Crippen molar-refractivity contribution in [2.24, 2.45) is 5.73 Å². The van der Waals surface area contributed by atoms with Crippen molar-refractivity contribution in [1.29, 1.82) is 0 Å². The summed E-state index contributed by atoms with van der Waals surface area (Å²) >= 11 is 0. The Morgan fingerprint density at radius 2 is 2.11 bits per heavy atom. The highest BCUT2D eigenvalue weighted by Gasteiger charge is 2.16. The van der Waals surface area contributed by atoms with Crippen molar-refractivity contribution in [3.63, 3.8) is 0 Å². The lowest BCUT2D eigenvalue weighted by atomic mass is 10.1. The van der Waals surface area contributed by atoms with Gasteiger partial charge in [0.05, 0.1) is 11.1 Å². The minimum Gasteiger partial charge on any atom is -0.338 e. The fraction of sp³-hybridized carbons (Fsp3) is 0.308. The zero-order chi connectivity index (χ0) is 13.0. The van der Waals surface area contributed by atoms with Crippen LogP contribution in [0, 0.1) is 0 Å². The molecule has 0 unspecified atom stereocenters. The third-order valence-electron chi connectivity index (χ3n) is 2.80. The zero-order valence-corrected chi connectivity index (χ0v) is 10.3. The highest BCUT2D eigenvalue weighted by molar-refractivity contribution is 6.04. The second-order valence-corrected chi connectivity index (χ2v) is 3.90. The number of rotatable bonds is 4. The van der Waals surface area contributed by atoms with Crippen molar-refractivity contribution in [1.82, 2.24) is 14.9 Å². The molecule has 0 radical (unpaired) electrons. The van der Waals surface area contributed by atoms with Gasteiger partial charge < -0.3 is 10.6 Å². The van der Waals surface area contributed by atoms with E-state index in [-0.39, 0.29) is 5.91 Å². The number of hydrogen-bond donors (Lipinski definition) is 1. The van der Waals surface area contributed by atoms with E-state index in [9.17, 15) is 4.79 Å². The quantitative estimate of drug-likeness (QED) is 0.872. The second kappa shape index (κ2) is 5.55. The van der Waals surface area contributed by atoms with E-state index in [1.54, 1.807) is 23.4 Å². The monoisotopic (exact) mass is 244 g/mol. The van der Waals surface area contributed by atoms with Crippen LogP contribution in [0.25, 0.3) is 11.0 Å². The van der Waals surface area contributed by atoms with Gasteiger partial charge in [0, 0.05) is 32.0 Å². The first-order chi connectivity index (χ1) is 8.77. The van der Waals surface area contributed by atoms with E-state index in [1.165, 1.54) is 0 Å². The summed E-state index contributed by atoms with van der Waals surface area (Å²) in [7, 11) is 0. The van der Waals surface area contributed by atoms with Crippen molar-refractivity contribution in [3.05, 3.63) is 36.2 Å². The predicted octanol–water partition coefficient (Wildman–Crippen LogP) is 1.05. The summed E-state index contributed by atoms with van der Waals surface area (Å²) in [5.74, 6) is -0.0472. The van der Waals surface area contributed by atoms with Crippen molar-refractivity contribution >= 4 is 16.9 Å². The Hall–Kier alpha value is -2.01. The number of nitrogens with zero attached hydrogens (tertiary/aromatic N) is 3. The molecular weight excluding hydrogens is 228 g/mol. The molecule has 2 N–H and O–H groups in total. The van der Waals surface area contributed by atoms with Crippen molar-refractivity contribution in [3.8, 4) is 0 Å². The molecule has 1 aromatic heterocycles. The number of likely N-dealkylation sites (N-methyl/N-ethyl adjacent to an activating group) is 1. The Morgan fingerprint density at radius 1 is 1.33 bits per heavy atom. The van der Waals surface area contributed by atoms with Gasteiger partial charge in [-0.15, -0.1) is 0 Å². The Labute approximate surface area is 106 Å². The van der Waals surface area contributed by atoms with Gasteiger partial charge in [0.15, 0.2) is 0 Å². The fourth-order valence-electron chi connectivity index (χ4n) is 1.89. The molecule has 2 aromatic rings. The van der Waals surface area contributed by atoms with Crippen LogP contribution < -0.4 is 5.73 Å². The predicted molar refractivity (Wildman–Crippen MR) is 70.2 cm³/mol. The summed E-state index contributed by atoms with van der Waals surface area (Å²) in [6, 6.07) is 5.44. The van der Waals surface area contributed by atoms with Crippen molar-refractivity contribution in [2.45, 2.75) is 6.92 Å². The number of carbonyl (C=O) groups is 1. The third kappa shape index (κ3) is 2.31. The van der Waals surface area contributed by atoms with Gasteiger partial charge in [-0.1, -0.05) is 6.07 Å². The van der Waals surface area contributed by atoms with Crippen LogP contribution in [0.4, 0.5) is 0 Å². The molecule has 0 fully saturated rings.